The topological polar surface area (TPSA) is 46.0 Å². The van der Waals surface area contributed by atoms with E-state index in [0.717, 1.165) is 22.6 Å². The minimum atomic E-state index is -0.446. The zero-order valence-corrected chi connectivity index (χ0v) is 18.5. The van der Waals surface area contributed by atoms with E-state index < -0.39 is 5.82 Å². The Labute approximate surface area is 195 Å². The predicted molar refractivity (Wildman–Crippen MR) is 126 cm³/mol. The molecule has 160 valence electrons. The van der Waals surface area contributed by atoms with Crippen molar-refractivity contribution >= 4 is 28.9 Å². The summed E-state index contributed by atoms with van der Waals surface area (Å²) in [6.45, 7) is 0.609. The third-order valence-electron chi connectivity index (χ3n) is 5.56. The number of benzene rings is 1. The highest BCUT2D eigenvalue weighted by molar-refractivity contribution is 7.80. The van der Waals surface area contributed by atoms with Gasteiger partial charge in [-0.15, -0.1) is 0 Å². The van der Waals surface area contributed by atoms with Crippen LogP contribution in [-0.2, 0) is 6.54 Å². The first-order chi connectivity index (χ1) is 15.6. The van der Waals surface area contributed by atoms with E-state index in [2.05, 4.69) is 20.2 Å². The molecule has 32 heavy (non-hydrogen) atoms. The maximum atomic E-state index is 13.8. The monoisotopic (exact) mass is 463 g/mol. The fraction of sp³-hybridized carbons (Fsp3) is 0.125. The Morgan fingerprint density at radius 1 is 1.03 bits per heavy atom. The number of pyridine rings is 2. The van der Waals surface area contributed by atoms with E-state index in [1.165, 1.54) is 6.07 Å². The molecule has 1 aliphatic rings. The standard InChI is InChI=1S/C24H19ClFN5S/c25-18-14-17(6-7-19(18)26)30-13-3-5-21(30)23-22(20-4-1-2-10-28-20)29-24(32)31(23)15-16-8-11-27-12-9-16/h1-14,22-23H,15H2,(H,29,32)/t22-,23+/m1/s1. The molecule has 5 rings (SSSR count). The van der Waals surface area contributed by atoms with E-state index in [1.807, 2.05) is 53.2 Å². The second-order valence-corrected chi connectivity index (χ2v) is 8.31. The van der Waals surface area contributed by atoms with Gasteiger partial charge in [-0.3, -0.25) is 9.97 Å². The highest BCUT2D eigenvalue weighted by Gasteiger charge is 2.41. The van der Waals surface area contributed by atoms with Gasteiger partial charge in [-0.2, -0.15) is 0 Å². The van der Waals surface area contributed by atoms with Crippen LogP contribution in [0.15, 0.2) is 85.5 Å². The van der Waals surface area contributed by atoms with Crippen LogP contribution in [0.1, 0.15) is 29.0 Å². The Hall–Kier alpha value is -3.29. The molecule has 0 saturated carbocycles. The Morgan fingerprint density at radius 2 is 1.88 bits per heavy atom. The van der Waals surface area contributed by atoms with Crippen molar-refractivity contribution in [2.24, 2.45) is 0 Å². The van der Waals surface area contributed by atoms with Crippen LogP contribution >= 0.6 is 23.8 Å². The molecule has 2 atom stereocenters. The van der Waals surface area contributed by atoms with Gasteiger partial charge in [0, 0.05) is 42.7 Å². The first-order valence-corrected chi connectivity index (χ1v) is 10.9. The van der Waals surface area contributed by atoms with Gasteiger partial charge in [-0.25, -0.2) is 4.39 Å². The first kappa shape index (κ1) is 20.6. The average Bonchev–Trinajstić information content (AvgIpc) is 3.42. The van der Waals surface area contributed by atoms with Crippen molar-refractivity contribution in [2.45, 2.75) is 18.6 Å². The van der Waals surface area contributed by atoms with Gasteiger partial charge in [0.2, 0.25) is 0 Å². The van der Waals surface area contributed by atoms with Crippen LogP contribution in [0.25, 0.3) is 5.69 Å². The SMILES string of the molecule is Fc1ccc(-n2cccc2[C@H]2[C@@H](c3ccccn3)NC(=S)N2Cc2ccncc2)cc1Cl. The zero-order chi connectivity index (χ0) is 22.1. The molecule has 4 aromatic rings. The molecule has 0 aliphatic carbocycles. The molecule has 0 spiro atoms. The summed E-state index contributed by atoms with van der Waals surface area (Å²) < 4.78 is 15.8. The quantitative estimate of drug-likeness (QED) is 0.410. The fourth-order valence-corrected chi connectivity index (χ4v) is 4.57. The highest BCUT2D eigenvalue weighted by Crippen LogP contribution is 2.40. The van der Waals surface area contributed by atoms with Crippen molar-refractivity contribution < 1.29 is 4.39 Å². The van der Waals surface area contributed by atoms with Crippen LogP contribution in [-0.4, -0.2) is 24.5 Å². The Morgan fingerprint density at radius 3 is 2.62 bits per heavy atom. The molecule has 1 aromatic carbocycles. The maximum Gasteiger partial charge on any atom is 0.170 e. The molecule has 1 N–H and O–H groups in total. The molecule has 1 fully saturated rings. The summed E-state index contributed by atoms with van der Waals surface area (Å²) in [4.78, 5) is 10.9. The van der Waals surface area contributed by atoms with E-state index in [9.17, 15) is 4.39 Å². The number of hydrogen-bond donors (Lipinski definition) is 1. The minimum absolute atomic E-state index is 0.0807. The smallest absolute Gasteiger partial charge is 0.170 e. The van der Waals surface area contributed by atoms with Crippen molar-refractivity contribution in [3.63, 3.8) is 0 Å². The van der Waals surface area contributed by atoms with Crippen LogP contribution in [0, 0.1) is 5.82 Å². The van der Waals surface area contributed by atoms with Gasteiger partial charge in [0.25, 0.3) is 0 Å². The third kappa shape index (κ3) is 3.85. The second kappa shape index (κ2) is 8.68. The maximum absolute atomic E-state index is 13.8. The molecular formula is C24H19ClFN5S. The molecule has 1 saturated heterocycles. The van der Waals surface area contributed by atoms with Crippen molar-refractivity contribution in [3.05, 3.63) is 113 Å². The molecule has 4 heterocycles. The van der Waals surface area contributed by atoms with E-state index in [1.54, 1.807) is 30.7 Å². The Bertz CT molecular complexity index is 1250. The summed E-state index contributed by atoms with van der Waals surface area (Å²) in [6, 6.07) is 18.2. The number of nitrogens with one attached hydrogen (secondary N) is 1. The number of hydrogen-bond acceptors (Lipinski definition) is 3. The molecule has 0 unspecified atom stereocenters. The van der Waals surface area contributed by atoms with Crippen LogP contribution in [0.3, 0.4) is 0 Å². The summed E-state index contributed by atoms with van der Waals surface area (Å²) in [7, 11) is 0. The number of halogens is 2. The van der Waals surface area contributed by atoms with Crippen LogP contribution in [0.5, 0.6) is 0 Å². The summed E-state index contributed by atoms with van der Waals surface area (Å²) in [6.07, 6.45) is 7.27. The molecule has 0 amide bonds. The van der Waals surface area contributed by atoms with E-state index in [-0.39, 0.29) is 17.1 Å². The van der Waals surface area contributed by atoms with Crippen molar-refractivity contribution in [1.82, 2.24) is 24.8 Å². The van der Waals surface area contributed by atoms with Gasteiger partial charge < -0.3 is 14.8 Å². The number of rotatable bonds is 5. The van der Waals surface area contributed by atoms with Gasteiger partial charge in [-0.1, -0.05) is 17.7 Å². The lowest BCUT2D eigenvalue weighted by molar-refractivity contribution is 0.302. The van der Waals surface area contributed by atoms with Crippen molar-refractivity contribution in [3.8, 4) is 5.69 Å². The van der Waals surface area contributed by atoms with Gasteiger partial charge in [0.05, 0.1) is 22.8 Å². The van der Waals surface area contributed by atoms with Gasteiger partial charge in [0.1, 0.15) is 5.82 Å². The van der Waals surface area contributed by atoms with Crippen LogP contribution in [0.2, 0.25) is 5.02 Å². The summed E-state index contributed by atoms with van der Waals surface area (Å²) in [5.41, 5.74) is 3.75. The summed E-state index contributed by atoms with van der Waals surface area (Å²) >= 11 is 11.8. The molecule has 0 radical (unpaired) electrons. The van der Waals surface area contributed by atoms with Gasteiger partial charge in [-0.05, 0) is 72.4 Å². The van der Waals surface area contributed by atoms with Gasteiger partial charge >= 0.3 is 0 Å². The van der Waals surface area contributed by atoms with Gasteiger partial charge in [0.15, 0.2) is 5.11 Å². The van der Waals surface area contributed by atoms with E-state index in [4.69, 9.17) is 23.8 Å². The lowest BCUT2D eigenvalue weighted by Gasteiger charge is -2.29. The van der Waals surface area contributed by atoms with Crippen molar-refractivity contribution in [1.29, 1.82) is 0 Å². The van der Waals surface area contributed by atoms with Crippen LogP contribution in [0.4, 0.5) is 4.39 Å². The lowest BCUT2D eigenvalue weighted by atomic mass is 10.0. The van der Waals surface area contributed by atoms with Crippen LogP contribution < -0.4 is 5.32 Å². The van der Waals surface area contributed by atoms with E-state index >= 15 is 0 Å². The van der Waals surface area contributed by atoms with E-state index in [0.29, 0.717) is 11.7 Å². The third-order valence-corrected chi connectivity index (χ3v) is 6.21. The lowest BCUT2D eigenvalue weighted by Crippen LogP contribution is -2.30. The molecule has 8 heteroatoms. The number of nitrogens with zero attached hydrogens (tertiary/aromatic N) is 4. The fourth-order valence-electron chi connectivity index (χ4n) is 4.09. The number of thiocarbonyl (C=S) groups is 1. The molecule has 3 aromatic heterocycles. The Kier molecular flexibility index (Phi) is 5.59. The predicted octanol–water partition coefficient (Wildman–Crippen LogP) is 5.23. The van der Waals surface area contributed by atoms with Crippen molar-refractivity contribution in [2.75, 3.05) is 0 Å². The highest BCUT2D eigenvalue weighted by atomic mass is 35.5. The number of aromatic nitrogens is 3. The molecule has 0 bridgehead atoms. The first-order valence-electron chi connectivity index (χ1n) is 10.1. The normalized spacial score (nSPS) is 18.1. The molecule has 5 nitrogen and oxygen atoms in total. The molecular weight excluding hydrogens is 445 g/mol. The summed E-state index contributed by atoms with van der Waals surface area (Å²) in [5.74, 6) is -0.446. The minimum Gasteiger partial charge on any atom is -0.352 e. The largest absolute Gasteiger partial charge is 0.352 e. The zero-order valence-electron chi connectivity index (χ0n) is 16.9. The second-order valence-electron chi connectivity index (χ2n) is 7.51. The summed E-state index contributed by atoms with van der Waals surface area (Å²) in [5, 5.41) is 4.18. The molecule has 1 aliphatic heterocycles. The average molecular weight is 464 g/mol. The Balaban J connectivity index is 1.61.